The second-order valence-electron chi connectivity index (χ2n) is 6.79. The molecule has 3 aliphatic rings. The lowest BCUT2D eigenvalue weighted by molar-refractivity contribution is -0.134. The van der Waals surface area contributed by atoms with Crippen LogP contribution in [0.2, 0.25) is 0 Å². The number of nitrogens with one attached hydrogen (secondary N) is 3. The molecule has 7 heteroatoms. The zero-order valence-electron chi connectivity index (χ0n) is 13.7. The van der Waals surface area contributed by atoms with Gasteiger partial charge in [-0.3, -0.25) is 10.2 Å². The van der Waals surface area contributed by atoms with Crippen LogP contribution in [-0.2, 0) is 4.79 Å². The van der Waals surface area contributed by atoms with Gasteiger partial charge < -0.3 is 15.1 Å². The second-order valence-corrected chi connectivity index (χ2v) is 6.79. The highest BCUT2D eigenvalue weighted by atomic mass is 19.1. The van der Waals surface area contributed by atoms with Crippen molar-refractivity contribution in [2.45, 2.75) is 18.5 Å². The zero-order valence-corrected chi connectivity index (χ0v) is 13.7. The van der Waals surface area contributed by atoms with E-state index in [2.05, 4.69) is 16.2 Å². The van der Waals surface area contributed by atoms with Crippen LogP contribution in [0.4, 0.5) is 10.1 Å². The number of amides is 1. The first-order valence-electron chi connectivity index (χ1n) is 8.74. The number of piperidine rings is 1. The molecule has 4 rings (SSSR count). The lowest BCUT2D eigenvalue weighted by atomic mass is 9.89. The first-order chi connectivity index (χ1) is 11.7. The Hall–Kier alpha value is -1.70. The van der Waals surface area contributed by atoms with Gasteiger partial charge >= 0.3 is 0 Å². The number of halogens is 1. The van der Waals surface area contributed by atoms with Gasteiger partial charge in [0.2, 0.25) is 5.91 Å². The molecule has 130 valence electrons. The lowest BCUT2D eigenvalue weighted by Gasteiger charge is -2.38. The van der Waals surface area contributed by atoms with Crippen molar-refractivity contribution in [3.05, 3.63) is 30.1 Å². The second kappa shape index (κ2) is 6.66. The molecule has 1 aromatic rings. The fraction of sp³-hybridized carbons (Fsp3) is 0.588. The summed E-state index contributed by atoms with van der Waals surface area (Å²) < 4.78 is 13.9. The molecule has 3 fully saturated rings. The number of benzene rings is 1. The number of carbonyl (C=O) groups excluding carboxylic acids is 1. The summed E-state index contributed by atoms with van der Waals surface area (Å²) in [6, 6.07) is 7.04. The third kappa shape index (κ3) is 2.87. The van der Waals surface area contributed by atoms with E-state index in [4.69, 9.17) is 0 Å². The number of hydrazine groups is 1. The van der Waals surface area contributed by atoms with E-state index in [-0.39, 0.29) is 17.8 Å². The minimum absolute atomic E-state index is 0.159. The number of para-hydroxylation sites is 1. The van der Waals surface area contributed by atoms with Crippen LogP contribution in [-0.4, -0.2) is 62.2 Å². The molecule has 6 nitrogen and oxygen atoms in total. The van der Waals surface area contributed by atoms with Crippen LogP contribution >= 0.6 is 0 Å². The quantitative estimate of drug-likeness (QED) is 0.707. The molecule has 0 spiro atoms. The van der Waals surface area contributed by atoms with Crippen molar-refractivity contribution in [2.75, 3.05) is 44.2 Å². The molecule has 3 unspecified atom stereocenters. The van der Waals surface area contributed by atoms with Crippen LogP contribution in [0, 0.1) is 11.7 Å². The number of rotatable bonds is 2. The largest absolute Gasteiger partial charge is 0.366 e. The highest BCUT2D eigenvalue weighted by Crippen LogP contribution is 2.23. The highest BCUT2D eigenvalue weighted by molar-refractivity contribution is 5.83. The summed E-state index contributed by atoms with van der Waals surface area (Å²) in [7, 11) is 0. The third-order valence-corrected chi connectivity index (χ3v) is 5.43. The van der Waals surface area contributed by atoms with Crippen LogP contribution in [0.15, 0.2) is 24.3 Å². The van der Waals surface area contributed by atoms with Crippen LogP contribution in [0.5, 0.6) is 0 Å². The molecule has 3 N–H and O–H groups in total. The number of piperazine rings is 1. The summed E-state index contributed by atoms with van der Waals surface area (Å²) in [4.78, 5) is 16.8. The molecular weight excluding hydrogens is 309 g/mol. The lowest BCUT2D eigenvalue weighted by Crippen LogP contribution is -2.56. The van der Waals surface area contributed by atoms with Gasteiger partial charge in [0.05, 0.1) is 5.69 Å². The summed E-state index contributed by atoms with van der Waals surface area (Å²) in [5.74, 6) is 0.262. The van der Waals surface area contributed by atoms with Gasteiger partial charge in [-0.1, -0.05) is 12.1 Å². The minimum atomic E-state index is -0.199. The summed E-state index contributed by atoms with van der Waals surface area (Å²) in [5, 5.41) is 3.38. The highest BCUT2D eigenvalue weighted by Gasteiger charge is 2.43. The van der Waals surface area contributed by atoms with E-state index in [1.807, 2.05) is 15.9 Å². The van der Waals surface area contributed by atoms with Crippen molar-refractivity contribution in [1.29, 1.82) is 0 Å². The van der Waals surface area contributed by atoms with Gasteiger partial charge in [0.15, 0.2) is 0 Å². The number of fused-ring (bicyclic) bond motifs is 1. The summed E-state index contributed by atoms with van der Waals surface area (Å²) >= 11 is 0. The van der Waals surface area contributed by atoms with Gasteiger partial charge in [-0.25, -0.2) is 9.82 Å². The van der Waals surface area contributed by atoms with Crippen molar-refractivity contribution >= 4 is 11.6 Å². The van der Waals surface area contributed by atoms with E-state index in [0.29, 0.717) is 43.8 Å². The van der Waals surface area contributed by atoms with E-state index in [1.165, 1.54) is 6.07 Å². The smallest absolute Gasteiger partial charge is 0.241 e. The summed E-state index contributed by atoms with van der Waals surface area (Å²) in [5.41, 5.74) is 7.09. The minimum Gasteiger partial charge on any atom is -0.366 e. The number of hydrogen-bond donors (Lipinski definition) is 3. The average Bonchev–Trinajstić information content (AvgIpc) is 3.06. The maximum absolute atomic E-state index is 13.9. The Morgan fingerprint density at radius 3 is 2.71 bits per heavy atom. The Kier molecular flexibility index (Phi) is 4.39. The molecule has 3 saturated heterocycles. The van der Waals surface area contributed by atoms with Crippen LogP contribution in [0.1, 0.15) is 6.42 Å². The van der Waals surface area contributed by atoms with Gasteiger partial charge in [-0.05, 0) is 25.1 Å². The number of carbonyl (C=O) groups is 1. The third-order valence-electron chi connectivity index (χ3n) is 5.43. The number of nitrogens with zero attached hydrogens (tertiary/aromatic N) is 2. The average molecular weight is 333 g/mol. The van der Waals surface area contributed by atoms with E-state index in [9.17, 15) is 9.18 Å². The van der Waals surface area contributed by atoms with Crippen LogP contribution in [0.25, 0.3) is 0 Å². The van der Waals surface area contributed by atoms with Gasteiger partial charge in [-0.2, -0.15) is 0 Å². The SMILES string of the molecule is O=C(C1NNC2CCNCC21)N1CCN(c2ccccc2F)CC1. The Labute approximate surface area is 141 Å². The van der Waals surface area contributed by atoms with E-state index < -0.39 is 0 Å². The molecule has 0 saturated carbocycles. The molecule has 0 aromatic heterocycles. The van der Waals surface area contributed by atoms with Gasteiger partial charge in [0.25, 0.3) is 0 Å². The molecule has 0 aliphatic carbocycles. The van der Waals surface area contributed by atoms with Gasteiger partial charge in [0, 0.05) is 44.7 Å². The fourth-order valence-corrected chi connectivity index (χ4v) is 4.03. The van der Waals surface area contributed by atoms with Crippen LogP contribution in [0.3, 0.4) is 0 Å². The Morgan fingerprint density at radius 2 is 1.92 bits per heavy atom. The molecule has 3 aliphatic heterocycles. The molecule has 3 heterocycles. The van der Waals surface area contributed by atoms with Crippen molar-refractivity contribution in [3.8, 4) is 0 Å². The fourth-order valence-electron chi connectivity index (χ4n) is 4.03. The zero-order chi connectivity index (χ0) is 16.5. The van der Waals surface area contributed by atoms with Crippen molar-refractivity contribution < 1.29 is 9.18 Å². The monoisotopic (exact) mass is 333 g/mol. The Bertz CT molecular complexity index is 604. The molecule has 1 amide bonds. The molecule has 24 heavy (non-hydrogen) atoms. The predicted molar refractivity (Wildman–Crippen MR) is 90.0 cm³/mol. The van der Waals surface area contributed by atoms with E-state index in [1.54, 1.807) is 12.1 Å². The summed E-state index contributed by atoms with van der Waals surface area (Å²) in [6.07, 6.45) is 1.04. The molecule has 1 aromatic carbocycles. The predicted octanol–water partition coefficient (Wildman–Crippen LogP) is -0.0712. The molecule has 0 radical (unpaired) electrons. The Morgan fingerprint density at radius 1 is 1.12 bits per heavy atom. The normalized spacial score (nSPS) is 30.3. The molecule has 3 atom stereocenters. The first kappa shape index (κ1) is 15.8. The maximum atomic E-state index is 13.9. The van der Waals surface area contributed by atoms with Crippen molar-refractivity contribution in [1.82, 2.24) is 21.1 Å². The number of anilines is 1. The van der Waals surface area contributed by atoms with Crippen molar-refractivity contribution in [2.24, 2.45) is 5.92 Å². The molecular formula is C17H24FN5O. The van der Waals surface area contributed by atoms with E-state index in [0.717, 1.165) is 19.5 Å². The topological polar surface area (TPSA) is 59.6 Å². The maximum Gasteiger partial charge on any atom is 0.241 e. The number of hydrogen-bond acceptors (Lipinski definition) is 5. The first-order valence-corrected chi connectivity index (χ1v) is 8.74. The van der Waals surface area contributed by atoms with Crippen LogP contribution < -0.4 is 21.1 Å². The molecule has 0 bridgehead atoms. The summed E-state index contributed by atoms with van der Waals surface area (Å²) in [6.45, 7) is 4.47. The van der Waals surface area contributed by atoms with E-state index >= 15 is 0 Å². The van der Waals surface area contributed by atoms with Gasteiger partial charge in [-0.15, -0.1) is 0 Å². The van der Waals surface area contributed by atoms with Crippen molar-refractivity contribution in [3.63, 3.8) is 0 Å². The van der Waals surface area contributed by atoms with Gasteiger partial charge in [0.1, 0.15) is 11.9 Å². The standard InChI is InChI=1S/C17H24FN5O/c18-13-3-1-2-4-15(13)22-7-9-23(10-8-22)17(24)16-12-11-19-6-5-14(12)20-21-16/h1-4,12,14,16,19-21H,5-11H2. The Balaban J connectivity index is 1.37.